The van der Waals surface area contributed by atoms with Crippen molar-refractivity contribution in [2.24, 2.45) is 0 Å². The van der Waals surface area contributed by atoms with Gasteiger partial charge >= 0.3 is 5.97 Å². The van der Waals surface area contributed by atoms with Gasteiger partial charge in [0.15, 0.2) is 5.82 Å². The second kappa shape index (κ2) is 6.44. The van der Waals surface area contributed by atoms with Gasteiger partial charge in [-0.15, -0.1) is 5.10 Å². The highest BCUT2D eigenvalue weighted by molar-refractivity contribution is 7.92. The Morgan fingerprint density at radius 2 is 1.91 bits per heavy atom. The van der Waals surface area contributed by atoms with Crippen molar-refractivity contribution in [1.82, 2.24) is 15.0 Å². The number of hydrogen-bond donors (Lipinski definition) is 3. The largest absolute Gasteiger partial charge is 0.480 e. The molecule has 0 radical (unpaired) electrons. The Morgan fingerprint density at radius 3 is 2.48 bits per heavy atom. The normalized spacial score (nSPS) is 11.0. The number of nitrogens with zero attached hydrogens (tertiary/aromatic N) is 3. The highest BCUT2D eigenvalue weighted by atomic mass is 32.2. The average molecular weight is 339 g/mol. The second-order valence-corrected chi connectivity index (χ2v) is 6.19. The number of aromatic nitrogens is 3. The van der Waals surface area contributed by atoms with Crippen molar-refractivity contribution in [3.63, 3.8) is 0 Å². The molecule has 0 saturated carbocycles. The number of nitrogens with one attached hydrogen (secondary N) is 2. The molecule has 3 N–H and O–H groups in total. The maximum atomic E-state index is 12.2. The van der Waals surface area contributed by atoms with E-state index >= 15 is 0 Å². The molecule has 0 spiro atoms. The van der Waals surface area contributed by atoms with E-state index < -0.39 is 22.5 Å². The topological polar surface area (TPSA) is 143 Å². The third-order valence-electron chi connectivity index (χ3n) is 2.56. The van der Waals surface area contributed by atoms with E-state index in [2.05, 4.69) is 20.4 Å². The van der Waals surface area contributed by atoms with Gasteiger partial charge in [0.1, 0.15) is 6.54 Å². The van der Waals surface area contributed by atoms with Crippen molar-refractivity contribution >= 4 is 33.4 Å². The molecule has 11 heteroatoms. The van der Waals surface area contributed by atoms with E-state index in [1.807, 2.05) is 0 Å². The number of carboxylic acid groups (broad SMARTS) is 1. The molecule has 0 aliphatic heterocycles. The first-order valence-electron chi connectivity index (χ1n) is 6.29. The molecular formula is C12H13N5O5S. The van der Waals surface area contributed by atoms with Gasteiger partial charge in [0.2, 0.25) is 5.91 Å². The lowest BCUT2D eigenvalue weighted by molar-refractivity contribution is -0.137. The number of amides is 1. The fourth-order valence-electron chi connectivity index (χ4n) is 1.68. The third-order valence-corrected chi connectivity index (χ3v) is 3.93. The molecule has 1 heterocycles. The Bertz CT molecular complexity index is 828. The molecule has 122 valence electrons. The van der Waals surface area contributed by atoms with E-state index in [0.717, 1.165) is 10.9 Å². The third kappa shape index (κ3) is 4.51. The van der Waals surface area contributed by atoms with Gasteiger partial charge in [0.25, 0.3) is 10.0 Å². The van der Waals surface area contributed by atoms with Crippen LogP contribution in [0.4, 0.5) is 11.5 Å². The minimum atomic E-state index is -3.90. The Morgan fingerprint density at radius 1 is 1.26 bits per heavy atom. The fraction of sp³-hybridized carbons (Fsp3) is 0.167. The summed E-state index contributed by atoms with van der Waals surface area (Å²) in [5.74, 6) is -1.50. The Kier molecular flexibility index (Phi) is 4.60. The average Bonchev–Trinajstić information content (AvgIpc) is 2.84. The maximum Gasteiger partial charge on any atom is 0.325 e. The molecule has 23 heavy (non-hydrogen) atoms. The van der Waals surface area contributed by atoms with Gasteiger partial charge in [-0.2, -0.15) is 0 Å². The van der Waals surface area contributed by atoms with E-state index in [9.17, 15) is 18.0 Å². The molecule has 1 aromatic heterocycles. The highest BCUT2D eigenvalue weighted by Crippen LogP contribution is 2.16. The van der Waals surface area contributed by atoms with Gasteiger partial charge < -0.3 is 10.4 Å². The van der Waals surface area contributed by atoms with E-state index in [1.54, 1.807) is 0 Å². The standard InChI is InChI=1S/C12H13N5O5S/c1-8(18)13-9-2-4-10(5-3-9)23(21,22)15-11-6-17(16-14-11)7-12(19)20/h2-6,15H,7H2,1H3,(H,13,18)(H,19,20). The molecule has 0 aliphatic carbocycles. The van der Waals surface area contributed by atoms with E-state index in [-0.39, 0.29) is 16.6 Å². The van der Waals surface area contributed by atoms with Crippen molar-refractivity contribution in [2.45, 2.75) is 18.4 Å². The van der Waals surface area contributed by atoms with Crippen LogP contribution >= 0.6 is 0 Å². The summed E-state index contributed by atoms with van der Waals surface area (Å²) in [5, 5.41) is 18.2. The van der Waals surface area contributed by atoms with Crippen molar-refractivity contribution in [3.8, 4) is 0 Å². The molecule has 0 saturated heterocycles. The quantitative estimate of drug-likeness (QED) is 0.678. The molecule has 2 aromatic rings. The van der Waals surface area contributed by atoms with Crippen molar-refractivity contribution in [3.05, 3.63) is 30.5 Å². The van der Waals surface area contributed by atoms with Crippen LogP contribution in [0.5, 0.6) is 0 Å². The van der Waals surface area contributed by atoms with Crippen molar-refractivity contribution in [1.29, 1.82) is 0 Å². The summed E-state index contributed by atoms with van der Waals surface area (Å²) in [6.07, 6.45) is 1.16. The van der Waals surface area contributed by atoms with Crippen LogP contribution in [0.2, 0.25) is 0 Å². The van der Waals surface area contributed by atoms with Gasteiger partial charge in [-0.1, -0.05) is 5.21 Å². The lowest BCUT2D eigenvalue weighted by Crippen LogP contribution is -2.13. The van der Waals surface area contributed by atoms with Gasteiger partial charge in [-0.3, -0.25) is 14.3 Å². The molecule has 2 rings (SSSR count). The second-order valence-electron chi connectivity index (χ2n) is 4.51. The minimum absolute atomic E-state index is 0.0422. The number of rotatable bonds is 6. The first-order chi connectivity index (χ1) is 10.8. The number of hydrogen-bond acceptors (Lipinski definition) is 6. The number of sulfonamides is 1. The van der Waals surface area contributed by atoms with E-state index in [0.29, 0.717) is 5.69 Å². The molecule has 0 bridgehead atoms. The van der Waals surface area contributed by atoms with Crippen LogP contribution in [-0.2, 0) is 26.2 Å². The zero-order chi connectivity index (χ0) is 17.0. The van der Waals surface area contributed by atoms with Crippen LogP contribution in [0.15, 0.2) is 35.4 Å². The van der Waals surface area contributed by atoms with Crippen LogP contribution < -0.4 is 10.0 Å². The summed E-state index contributed by atoms with van der Waals surface area (Å²) in [4.78, 5) is 21.4. The lowest BCUT2D eigenvalue weighted by Gasteiger charge is -2.06. The molecule has 10 nitrogen and oxygen atoms in total. The van der Waals surface area contributed by atoms with E-state index in [4.69, 9.17) is 5.11 Å². The zero-order valence-corrected chi connectivity index (χ0v) is 12.7. The molecule has 0 aliphatic rings. The minimum Gasteiger partial charge on any atom is -0.480 e. The predicted molar refractivity (Wildman–Crippen MR) is 79.2 cm³/mol. The smallest absolute Gasteiger partial charge is 0.325 e. The maximum absolute atomic E-state index is 12.2. The summed E-state index contributed by atoms with van der Waals surface area (Å²) in [7, 11) is -3.90. The Hall–Kier alpha value is -2.95. The molecular weight excluding hydrogens is 326 g/mol. The number of carbonyl (C=O) groups excluding carboxylic acids is 1. The summed E-state index contributed by atoms with van der Waals surface area (Å²) in [6, 6.07) is 5.51. The fourth-order valence-corrected chi connectivity index (χ4v) is 2.66. The first-order valence-corrected chi connectivity index (χ1v) is 7.77. The molecule has 0 fully saturated rings. The Balaban J connectivity index is 2.13. The van der Waals surface area contributed by atoms with Crippen molar-refractivity contribution in [2.75, 3.05) is 10.0 Å². The Labute approximate surface area is 131 Å². The SMILES string of the molecule is CC(=O)Nc1ccc(S(=O)(=O)Nc2cn(CC(=O)O)nn2)cc1. The van der Waals surface area contributed by atoms with Crippen LogP contribution in [0.25, 0.3) is 0 Å². The highest BCUT2D eigenvalue weighted by Gasteiger charge is 2.16. The van der Waals surface area contributed by atoms with Gasteiger partial charge in [-0.05, 0) is 24.3 Å². The van der Waals surface area contributed by atoms with Gasteiger partial charge in [-0.25, -0.2) is 13.1 Å². The van der Waals surface area contributed by atoms with Crippen molar-refractivity contribution < 1.29 is 23.1 Å². The monoisotopic (exact) mass is 339 g/mol. The summed E-state index contributed by atoms with van der Waals surface area (Å²) in [5.41, 5.74) is 0.462. The number of benzene rings is 1. The summed E-state index contributed by atoms with van der Waals surface area (Å²) >= 11 is 0. The van der Waals surface area contributed by atoms with E-state index in [1.165, 1.54) is 31.2 Å². The molecule has 0 unspecified atom stereocenters. The number of aliphatic carboxylic acids is 1. The van der Waals surface area contributed by atoms with Gasteiger partial charge in [0.05, 0.1) is 11.1 Å². The number of carboxylic acids is 1. The number of anilines is 2. The van der Waals surface area contributed by atoms with Gasteiger partial charge in [0, 0.05) is 12.6 Å². The molecule has 1 amide bonds. The van der Waals surface area contributed by atoms with Crippen LogP contribution in [0.3, 0.4) is 0 Å². The van der Waals surface area contributed by atoms with Crippen LogP contribution in [0.1, 0.15) is 6.92 Å². The number of carbonyl (C=O) groups is 2. The molecule has 1 aromatic carbocycles. The first kappa shape index (κ1) is 16.4. The zero-order valence-electron chi connectivity index (χ0n) is 11.9. The summed E-state index contributed by atoms with van der Waals surface area (Å²) in [6.45, 7) is 0.910. The lowest BCUT2D eigenvalue weighted by atomic mass is 10.3. The summed E-state index contributed by atoms with van der Waals surface area (Å²) < 4.78 is 27.5. The molecule has 0 atom stereocenters. The van der Waals surface area contributed by atoms with Crippen LogP contribution in [-0.4, -0.2) is 40.4 Å². The van der Waals surface area contributed by atoms with Crippen LogP contribution in [0, 0.1) is 0 Å². The predicted octanol–water partition coefficient (Wildman–Crippen LogP) is 0.122.